The minimum Gasteiger partial charge on any atom is -0.383 e. The maximum atomic E-state index is 4.98. The average Bonchev–Trinajstić information content (AvgIpc) is 2.81. The van der Waals surface area contributed by atoms with Crippen LogP contribution in [0.1, 0.15) is 43.1 Å². The van der Waals surface area contributed by atoms with Gasteiger partial charge in [0.15, 0.2) is 0 Å². The zero-order chi connectivity index (χ0) is 13.4. The van der Waals surface area contributed by atoms with E-state index >= 15 is 0 Å². The Bertz CT molecular complexity index is 328. The molecule has 0 aromatic carbocycles. The molecule has 0 fully saturated rings. The van der Waals surface area contributed by atoms with Crippen LogP contribution in [0.4, 0.5) is 0 Å². The van der Waals surface area contributed by atoms with Crippen LogP contribution in [0.15, 0.2) is 0 Å². The van der Waals surface area contributed by atoms with Crippen LogP contribution in [0.2, 0.25) is 0 Å². The molecule has 0 bridgehead atoms. The Morgan fingerprint density at radius 2 is 2.00 bits per heavy atom. The van der Waals surface area contributed by atoms with Gasteiger partial charge in [0.25, 0.3) is 0 Å². The molecule has 1 aromatic rings. The van der Waals surface area contributed by atoms with E-state index in [2.05, 4.69) is 36.3 Å². The summed E-state index contributed by atoms with van der Waals surface area (Å²) in [4.78, 5) is 0. The fourth-order valence-corrected chi connectivity index (χ4v) is 2.61. The van der Waals surface area contributed by atoms with Gasteiger partial charge in [-0.1, -0.05) is 20.8 Å². The van der Waals surface area contributed by atoms with Crippen molar-refractivity contribution in [1.82, 2.24) is 15.5 Å². The molecule has 0 aliphatic carbocycles. The van der Waals surface area contributed by atoms with Crippen LogP contribution in [0.25, 0.3) is 0 Å². The molecule has 104 valence electrons. The predicted octanol–water partition coefficient (Wildman–Crippen LogP) is 2.47. The van der Waals surface area contributed by atoms with Crippen LogP contribution in [0.5, 0.6) is 0 Å². The minimum atomic E-state index is 0.510. The van der Waals surface area contributed by atoms with E-state index in [-0.39, 0.29) is 0 Å². The smallest absolute Gasteiger partial charge is 0.120 e. The number of hydrogen-bond acceptors (Lipinski definition) is 5. The number of nitrogens with one attached hydrogen (secondary N) is 1. The van der Waals surface area contributed by atoms with E-state index in [1.807, 2.05) is 0 Å². The first kappa shape index (κ1) is 15.5. The summed E-state index contributed by atoms with van der Waals surface area (Å²) in [6.45, 7) is 9.38. The number of aromatic nitrogens is 2. The highest BCUT2D eigenvalue weighted by Gasteiger charge is 2.14. The van der Waals surface area contributed by atoms with Crippen molar-refractivity contribution in [2.24, 2.45) is 5.92 Å². The molecule has 0 saturated carbocycles. The summed E-state index contributed by atoms with van der Waals surface area (Å²) in [6, 6.07) is 0. The topological polar surface area (TPSA) is 47.0 Å². The van der Waals surface area contributed by atoms with Gasteiger partial charge in [0, 0.05) is 26.0 Å². The van der Waals surface area contributed by atoms with E-state index in [0.717, 1.165) is 37.5 Å². The molecular formula is C13H25N3OS. The molecule has 4 nitrogen and oxygen atoms in total. The van der Waals surface area contributed by atoms with Crippen molar-refractivity contribution in [2.75, 3.05) is 26.8 Å². The zero-order valence-electron chi connectivity index (χ0n) is 11.9. The van der Waals surface area contributed by atoms with Crippen LogP contribution >= 0.6 is 11.3 Å². The SMILES string of the molecule is COCCNCCCc1nnc(C(C)C(C)C)s1. The highest BCUT2D eigenvalue weighted by molar-refractivity contribution is 7.11. The number of hydrogen-bond donors (Lipinski definition) is 1. The lowest BCUT2D eigenvalue weighted by atomic mass is 9.99. The minimum absolute atomic E-state index is 0.510. The second-order valence-electron chi connectivity index (χ2n) is 4.91. The Balaban J connectivity index is 2.23. The largest absolute Gasteiger partial charge is 0.383 e. The fourth-order valence-electron chi connectivity index (χ4n) is 1.50. The second kappa shape index (κ2) is 8.56. The summed E-state index contributed by atoms with van der Waals surface area (Å²) in [7, 11) is 1.72. The zero-order valence-corrected chi connectivity index (χ0v) is 12.7. The lowest BCUT2D eigenvalue weighted by Crippen LogP contribution is -2.20. The monoisotopic (exact) mass is 271 g/mol. The lowest BCUT2D eigenvalue weighted by Gasteiger charge is -2.10. The summed E-state index contributed by atoms with van der Waals surface area (Å²) >= 11 is 1.76. The maximum Gasteiger partial charge on any atom is 0.120 e. The van der Waals surface area contributed by atoms with Gasteiger partial charge in [0.2, 0.25) is 0 Å². The number of methoxy groups -OCH3 is 1. The van der Waals surface area contributed by atoms with E-state index < -0.39 is 0 Å². The van der Waals surface area contributed by atoms with Crippen LogP contribution in [-0.4, -0.2) is 37.0 Å². The van der Waals surface area contributed by atoms with E-state index in [1.165, 1.54) is 5.01 Å². The van der Waals surface area contributed by atoms with E-state index in [9.17, 15) is 0 Å². The third-order valence-corrected chi connectivity index (χ3v) is 4.28. The second-order valence-corrected chi connectivity index (χ2v) is 6.01. The van der Waals surface area contributed by atoms with Gasteiger partial charge in [-0.25, -0.2) is 0 Å². The molecule has 1 N–H and O–H groups in total. The van der Waals surface area contributed by atoms with Gasteiger partial charge in [0.1, 0.15) is 10.0 Å². The third kappa shape index (κ3) is 5.42. The van der Waals surface area contributed by atoms with Crippen molar-refractivity contribution in [2.45, 2.75) is 39.5 Å². The molecule has 1 rings (SSSR count). The standard InChI is InChI=1S/C13H25N3OS/c1-10(2)11(3)13-16-15-12(18-13)6-5-7-14-8-9-17-4/h10-11,14H,5-9H2,1-4H3. The highest BCUT2D eigenvalue weighted by Crippen LogP contribution is 2.26. The number of rotatable bonds is 9. The number of aryl methyl sites for hydroxylation is 1. The van der Waals surface area contributed by atoms with Crippen LogP contribution < -0.4 is 5.32 Å². The van der Waals surface area contributed by atoms with Gasteiger partial charge in [0.05, 0.1) is 6.61 Å². The van der Waals surface area contributed by atoms with Crippen LogP contribution in [0, 0.1) is 5.92 Å². The van der Waals surface area contributed by atoms with Crippen molar-refractivity contribution in [1.29, 1.82) is 0 Å². The quantitative estimate of drug-likeness (QED) is 0.701. The molecule has 5 heteroatoms. The number of nitrogens with zero attached hydrogens (tertiary/aromatic N) is 2. The Morgan fingerprint density at radius 3 is 2.67 bits per heavy atom. The van der Waals surface area contributed by atoms with Crippen LogP contribution in [-0.2, 0) is 11.2 Å². The molecule has 0 amide bonds. The molecule has 0 aliphatic heterocycles. The highest BCUT2D eigenvalue weighted by atomic mass is 32.1. The molecule has 1 unspecified atom stereocenters. The Hall–Kier alpha value is -0.520. The summed E-state index contributed by atoms with van der Waals surface area (Å²) in [5.74, 6) is 1.14. The molecule has 0 radical (unpaired) electrons. The molecule has 18 heavy (non-hydrogen) atoms. The van der Waals surface area contributed by atoms with E-state index in [4.69, 9.17) is 4.74 Å². The summed E-state index contributed by atoms with van der Waals surface area (Å²) in [5.41, 5.74) is 0. The third-order valence-electron chi connectivity index (χ3n) is 3.10. The first-order valence-corrected chi connectivity index (χ1v) is 7.48. The molecule has 1 aromatic heterocycles. The Morgan fingerprint density at radius 1 is 1.22 bits per heavy atom. The lowest BCUT2D eigenvalue weighted by molar-refractivity contribution is 0.199. The average molecular weight is 271 g/mol. The van der Waals surface area contributed by atoms with Crippen molar-refractivity contribution >= 4 is 11.3 Å². The molecule has 0 saturated heterocycles. The normalized spacial score (nSPS) is 13.2. The molecule has 0 spiro atoms. The molecule has 0 aliphatic rings. The Kier molecular flexibility index (Phi) is 7.39. The number of ether oxygens (including phenoxy) is 1. The van der Waals surface area contributed by atoms with Crippen molar-refractivity contribution in [3.63, 3.8) is 0 Å². The van der Waals surface area contributed by atoms with Gasteiger partial charge in [-0.15, -0.1) is 21.5 Å². The van der Waals surface area contributed by atoms with Crippen molar-refractivity contribution in [3.05, 3.63) is 10.0 Å². The Labute approximate surface area is 114 Å². The van der Waals surface area contributed by atoms with E-state index in [0.29, 0.717) is 11.8 Å². The summed E-state index contributed by atoms with van der Waals surface area (Å²) < 4.78 is 4.98. The van der Waals surface area contributed by atoms with Gasteiger partial charge in [-0.05, 0) is 18.9 Å². The van der Waals surface area contributed by atoms with Gasteiger partial charge in [-0.2, -0.15) is 0 Å². The van der Waals surface area contributed by atoms with Gasteiger partial charge in [-0.3, -0.25) is 0 Å². The first-order valence-electron chi connectivity index (χ1n) is 6.67. The first-order chi connectivity index (χ1) is 8.65. The van der Waals surface area contributed by atoms with Crippen molar-refractivity contribution < 1.29 is 4.74 Å². The van der Waals surface area contributed by atoms with E-state index in [1.54, 1.807) is 18.4 Å². The summed E-state index contributed by atoms with van der Waals surface area (Å²) in [5, 5.41) is 14.2. The maximum absolute atomic E-state index is 4.98. The molecule has 1 atom stereocenters. The van der Waals surface area contributed by atoms with Gasteiger partial charge < -0.3 is 10.1 Å². The van der Waals surface area contributed by atoms with Gasteiger partial charge >= 0.3 is 0 Å². The molecular weight excluding hydrogens is 246 g/mol. The van der Waals surface area contributed by atoms with Crippen LogP contribution in [0.3, 0.4) is 0 Å². The molecule has 1 heterocycles. The predicted molar refractivity (Wildman–Crippen MR) is 76.2 cm³/mol. The van der Waals surface area contributed by atoms with Crippen molar-refractivity contribution in [3.8, 4) is 0 Å². The fraction of sp³-hybridized carbons (Fsp3) is 0.846. The summed E-state index contributed by atoms with van der Waals surface area (Å²) in [6.07, 6.45) is 2.12.